The first-order valence-electron chi connectivity index (χ1n) is 10.6. The minimum atomic E-state index is -0.305. The van der Waals surface area contributed by atoms with E-state index < -0.39 is 0 Å². The summed E-state index contributed by atoms with van der Waals surface area (Å²) in [5.41, 5.74) is 1.51. The van der Waals surface area contributed by atoms with E-state index in [2.05, 4.69) is 5.32 Å². The average molecular weight is 438 g/mol. The van der Waals surface area contributed by atoms with E-state index in [0.717, 1.165) is 23.4 Å². The van der Waals surface area contributed by atoms with Gasteiger partial charge in [-0.2, -0.15) is 0 Å². The Kier molecular flexibility index (Phi) is 6.61. The molecule has 2 saturated heterocycles. The van der Waals surface area contributed by atoms with Gasteiger partial charge in [-0.3, -0.25) is 14.4 Å². The number of hydrogen-bond donors (Lipinski definition) is 1. The van der Waals surface area contributed by atoms with E-state index >= 15 is 0 Å². The van der Waals surface area contributed by atoms with E-state index in [1.165, 1.54) is 0 Å². The predicted molar refractivity (Wildman–Crippen MR) is 122 cm³/mol. The van der Waals surface area contributed by atoms with Crippen LogP contribution in [0.1, 0.15) is 29.6 Å². The fourth-order valence-corrected chi connectivity index (χ4v) is 4.71. The van der Waals surface area contributed by atoms with Crippen LogP contribution in [0.5, 0.6) is 0 Å². The molecule has 0 radical (unpaired) electrons. The molecule has 2 aromatic carbocycles. The summed E-state index contributed by atoms with van der Waals surface area (Å²) in [6.07, 6.45) is 3.71. The van der Waals surface area contributed by atoms with E-state index in [4.69, 9.17) is 0 Å². The monoisotopic (exact) mass is 437 g/mol. The maximum absolute atomic E-state index is 13.1. The molecule has 2 aromatic rings. The predicted octanol–water partition coefficient (Wildman–Crippen LogP) is 3.18. The maximum Gasteiger partial charge on any atom is 0.251 e. The van der Waals surface area contributed by atoms with Crippen LogP contribution in [0.4, 0.5) is 5.69 Å². The average Bonchev–Trinajstić information content (AvgIpc) is 3.21. The molecule has 0 saturated carbocycles. The Labute approximate surface area is 187 Å². The van der Waals surface area contributed by atoms with E-state index in [0.29, 0.717) is 25.2 Å². The number of piperidine rings is 1. The third kappa shape index (κ3) is 4.93. The van der Waals surface area contributed by atoms with Crippen molar-refractivity contribution in [2.24, 2.45) is 5.92 Å². The molecule has 6 nitrogen and oxygen atoms in total. The summed E-state index contributed by atoms with van der Waals surface area (Å²) in [4.78, 5) is 42.7. The van der Waals surface area contributed by atoms with Gasteiger partial charge >= 0.3 is 0 Å². The van der Waals surface area contributed by atoms with E-state index in [1.807, 2.05) is 53.6 Å². The van der Waals surface area contributed by atoms with Crippen molar-refractivity contribution in [3.63, 3.8) is 0 Å². The van der Waals surface area contributed by atoms with Gasteiger partial charge in [-0.25, -0.2) is 0 Å². The number of carbonyl (C=O) groups excluding carboxylic acids is 3. The SMILES string of the molecule is CSc1cccc(N2C[C@@H](C(=O)N3CCC(NC(=O)c4ccccc4)CC3)CC2=O)c1. The molecule has 3 amide bonds. The standard InChI is InChI=1S/C24H27N3O3S/c1-31-21-9-5-8-20(15-21)27-16-18(14-22(27)28)24(30)26-12-10-19(11-13-26)25-23(29)17-6-3-2-4-7-17/h2-9,15,18-19H,10-14,16H2,1H3,(H,25,29)/t18-/m0/s1. The van der Waals surface area contributed by atoms with E-state index in [1.54, 1.807) is 28.8 Å². The van der Waals surface area contributed by atoms with Crippen molar-refractivity contribution in [2.75, 3.05) is 30.8 Å². The molecule has 2 heterocycles. The van der Waals surface area contributed by atoms with Gasteiger partial charge in [0.15, 0.2) is 0 Å². The molecule has 2 fully saturated rings. The minimum absolute atomic E-state index is 0.00149. The summed E-state index contributed by atoms with van der Waals surface area (Å²) in [5.74, 6) is -0.331. The van der Waals surface area contributed by atoms with Crippen LogP contribution in [0.2, 0.25) is 0 Å². The van der Waals surface area contributed by atoms with Gasteiger partial charge in [-0.1, -0.05) is 24.3 Å². The second kappa shape index (κ2) is 9.56. The molecule has 31 heavy (non-hydrogen) atoms. The molecule has 0 unspecified atom stereocenters. The fraction of sp³-hybridized carbons (Fsp3) is 0.375. The molecule has 1 N–H and O–H groups in total. The maximum atomic E-state index is 13.1. The van der Waals surface area contributed by atoms with Crippen molar-refractivity contribution >= 4 is 35.2 Å². The number of carbonyl (C=O) groups is 3. The van der Waals surface area contributed by atoms with Gasteiger partial charge in [0.2, 0.25) is 11.8 Å². The smallest absolute Gasteiger partial charge is 0.251 e. The molecule has 0 aliphatic carbocycles. The topological polar surface area (TPSA) is 69.7 Å². The number of hydrogen-bond acceptors (Lipinski definition) is 4. The van der Waals surface area contributed by atoms with Crippen molar-refractivity contribution in [1.82, 2.24) is 10.2 Å². The third-order valence-corrected chi connectivity index (χ3v) is 6.74. The molecule has 162 valence electrons. The number of nitrogens with zero attached hydrogens (tertiary/aromatic N) is 2. The quantitative estimate of drug-likeness (QED) is 0.730. The Balaban J connectivity index is 1.30. The van der Waals surface area contributed by atoms with Gasteiger partial charge in [-0.05, 0) is 49.4 Å². The Morgan fingerprint density at radius 1 is 1.03 bits per heavy atom. The molecule has 0 bridgehead atoms. The van der Waals surface area contributed by atoms with Crippen LogP contribution in [0.3, 0.4) is 0 Å². The van der Waals surface area contributed by atoms with Gasteiger partial charge in [0.05, 0.1) is 5.92 Å². The molecule has 7 heteroatoms. The lowest BCUT2D eigenvalue weighted by molar-refractivity contribution is -0.136. The molecule has 1 atom stereocenters. The normalized spacial score (nSPS) is 19.5. The lowest BCUT2D eigenvalue weighted by atomic mass is 10.0. The van der Waals surface area contributed by atoms with Crippen molar-refractivity contribution in [1.29, 1.82) is 0 Å². The Bertz CT molecular complexity index is 958. The van der Waals surface area contributed by atoms with Gasteiger partial charge in [0, 0.05) is 48.2 Å². The number of thioether (sulfide) groups is 1. The first-order chi connectivity index (χ1) is 15.0. The summed E-state index contributed by atoms with van der Waals surface area (Å²) in [7, 11) is 0. The molecular weight excluding hydrogens is 410 g/mol. The van der Waals surface area contributed by atoms with Gasteiger partial charge in [-0.15, -0.1) is 11.8 Å². The zero-order valence-corrected chi connectivity index (χ0v) is 18.4. The number of nitrogens with one attached hydrogen (secondary N) is 1. The minimum Gasteiger partial charge on any atom is -0.349 e. The summed E-state index contributed by atoms with van der Waals surface area (Å²) in [5, 5.41) is 3.07. The number of anilines is 1. The van der Waals surface area contributed by atoms with Crippen LogP contribution in [0.25, 0.3) is 0 Å². The molecule has 0 spiro atoms. The summed E-state index contributed by atoms with van der Waals surface area (Å²) < 4.78 is 0. The summed E-state index contributed by atoms with van der Waals surface area (Å²) >= 11 is 1.63. The molecule has 4 rings (SSSR count). The second-order valence-corrected chi connectivity index (χ2v) is 8.93. The number of benzene rings is 2. The number of likely N-dealkylation sites (tertiary alicyclic amines) is 1. The van der Waals surface area contributed by atoms with Crippen molar-refractivity contribution in [2.45, 2.75) is 30.2 Å². The second-order valence-electron chi connectivity index (χ2n) is 8.05. The van der Waals surface area contributed by atoms with Crippen LogP contribution >= 0.6 is 11.8 Å². The zero-order chi connectivity index (χ0) is 21.8. The van der Waals surface area contributed by atoms with Crippen LogP contribution in [-0.2, 0) is 9.59 Å². The highest BCUT2D eigenvalue weighted by Crippen LogP contribution is 2.29. The van der Waals surface area contributed by atoms with Gasteiger partial charge < -0.3 is 15.1 Å². The Hall–Kier alpha value is -2.80. The number of amides is 3. The van der Waals surface area contributed by atoms with Crippen molar-refractivity contribution < 1.29 is 14.4 Å². The van der Waals surface area contributed by atoms with E-state index in [-0.39, 0.29) is 36.1 Å². The highest BCUT2D eigenvalue weighted by Gasteiger charge is 2.38. The zero-order valence-electron chi connectivity index (χ0n) is 17.6. The van der Waals surface area contributed by atoms with Crippen LogP contribution in [0, 0.1) is 5.92 Å². The Morgan fingerprint density at radius 2 is 1.77 bits per heavy atom. The van der Waals surface area contributed by atoms with Crippen molar-refractivity contribution in [3.8, 4) is 0 Å². The largest absolute Gasteiger partial charge is 0.349 e. The third-order valence-electron chi connectivity index (χ3n) is 6.02. The first kappa shape index (κ1) is 21.4. The summed E-state index contributed by atoms with van der Waals surface area (Å²) in [6, 6.07) is 17.1. The van der Waals surface area contributed by atoms with Crippen LogP contribution in [0.15, 0.2) is 59.5 Å². The van der Waals surface area contributed by atoms with E-state index in [9.17, 15) is 14.4 Å². The molecule has 2 aliphatic rings. The summed E-state index contributed by atoms with van der Waals surface area (Å²) in [6.45, 7) is 1.64. The van der Waals surface area contributed by atoms with Crippen LogP contribution < -0.4 is 10.2 Å². The Morgan fingerprint density at radius 3 is 2.48 bits per heavy atom. The number of rotatable bonds is 5. The van der Waals surface area contributed by atoms with Gasteiger partial charge in [0.25, 0.3) is 5.91 Å². The molecule has 0 aromatic heterocycles. The lowest BCUT2D eigenvalue weighted by Gasteiger charge is -2.33. The van der Waals surface area contributed by atoms with Crippen molar-refractivity contribution in [3.05, 3.63) is 60.2 Å². The molecular formula is C24H27N3O3S. The van der Waals surface area contributed by atoms with Gasteiger partial charge in [0.1, 0.15) is 0 Å². The highest BCUT2D eigenvalue weighted by molar-refractivity contribution is 7.98. The first-order valence-corrected chi connectivity index (χ1v) is 11.9. The highest BCUT2D eigenvalue weighted by atomic mass is 32.2. The fourth-order valence-electron chi connectivity index (χ4n) is 4.26. The molecule has 2 aliphatic heterocycles. The van der Waals surface area contributed by atoms with Crippen LogP contribution in [-0.4, -0.2) is 54.6 Å². The lowest BCUT2D eigenvalue weighted by Crippen LogP contribution is -2.48.